The van der Waals surface area contributed by atoms with Crippen LogP contribution < -0.4 is 0 Å². The molecule has 82 valence electrons. The summed E-state index contributed by atoms with van der Waals surface area (Å²) in [6, 6.07) is 0. The third-order valence-corrected chi connectivity index (χ3v) is 3.39. The fourth-order valence-electron chi connectivity index (χ4n) is 2.30. The normalized spacial score (nSPS) is 33.8. The monoisotopic (exact) mass is 208 g/mol. The van der Waals surface area contributed by atoms with E-state index in [1.165, 1.54) is 6.92 Å². The molecule has 0 aromatic rings. The van der Waals surface area contributed by atoms with Gasteiger partial charge in [-0.2, -0.15) is 0 Å². The van der Waals surface area contributed by atoms with E-state index in [2.05, 4.69) is 0 Å². The summed E-state index contributed by atoms with van der Waals surface area (Å²) in [6.45, 7) is 1.91. The number of esters is 1. The van der Waals surface area contributed by atoms with E-state index in [9.17, 15) is 9.59 Å². The molecule has 1 aliphatic heterocycles. The molecular weight excluding hydrogens is 192 g/mol. The number of carbonyl (C=O) groups excluding carboxylic acids is 2. The van der Waals surface area contributed by atoms with E-state index in [1.54, 1.807) is 0 Å². The number of ether oxygens (including phenoxy) is 1. The van der Waals surface area contributed by atoms with E-state index in [1.807, 2.05) is 12.2 Å². The van der Waals surface area contributed by atoms with Crippen LogP contribution in [0.4, 0.5) is 0 Å². The quantitative estimate of drug-likeness (QED) is 0.395. The summed E-state index contributed by atoms with van der Waals surface area (Å²) in [4.78, 5) is 23.7. The Morgan fingerprint density at radius 3 is 2.80 bits per heavy atom. The standard InChI is InChI=1S/C12H16O3/c1-9(13)12(10-5-6-10)7-3-2-4-8-15-11(12)14/h2-3,10H,4-8H2,1H3/b3-2-/t12-/m1/s1. The molecule has 1 fully saturated rings. The van der Waals surface area contributed by atoms with Crippen LogP contribution in [-0.2, 0) is 14.3 Å². The molecule has 0 spiro atoms. The fraction of sp³-hybridized carbons (Fsp3) is 0.667. The summed E-state index contributed by atoms with van der Waals surface area (Å²) in [5.74, 6) is -0.131. The predicted molar refractivity (Wildman–Crippen MR) is 55.2 cm³/mol. The lowest BCUT2D eigenvalue weighted by Crippen LogP contribution is -2.41. The predicted octanol–water partition coefficient (Wildman–Crippen LogP) is 1.86. The van der Waals surface area contributed by atoms with Gasteiger partial charge in [-0.05, 0) is 38.5 Å². The average Bonchev–Trinajstić information content (AvgIpc) is 2.96. The summed E-state index contributed by atoms with van der Waals surface area (Å²) < 4.78 is 5.15. The minimum Gasteiger partial charge on any atom is -0.465 e. The SMILES string of the molecule is CC(=O)[C@@]1(C2CC2)C/C=C\CCOC1=O. The first-order chi connectivity index (χ1) is 7.18. The van der Waals surface area contributed by atoms with Crippen molar-refractivity contribution in [2.24, 2.45) is 11.3 Å². The van der Waals surface area contributed by atoms with Crippen LogP contribution in [0.1, 0.15) is 32.6 Å². The molecule has 1 saturated carbocycles. The number of Topliss-reactive ketones (excluding diaryl/α,β-unsaturated/α-hetero) is 1. The first kappa shape index (κ1) is 10.4. The third-order valence-electron chi connectivity index (χ3n) is 3.39. The molecule has 3 heteroatoms. The second-order valence-electron chi connectivity index (χ2n) is 4.40. The maximum atomic E-state index is 11.9. The fourth-order valence-corrected chi connectivity index (χ4v) is 2.30. The first-order valence-electron chi connectivity index (χ1n) is 5.51. The molecule has 0 saturated heterocycles. The van der Waals surface area contributed by atoms with E-state index >= 15 is 0 Å². The summed E-state index contributed by atoms with van der Waals surface area (Å²) in [5.41, 5.74) is -0.864. The molecule has 2 aliphatic rings. The zero-order chi connectivity index (χ0) is 10.9. The number of carbonyl (C=O) groups is 2. The highest BCUT2D eigenvalue weighted by Crippen LogP contribution is 2.49. The van der Waals surface area contributed by atoms with Crippen LogP contribution in [0.5, 0.6) is 0 Å². The van der Waals surface area contributed by atoms with E-state index < -0.39 is 5.41 Å². The van der Waals surface area contributed by atoms with Crippen molar-refractivity contribution in [3.63, 3.8) is 0 Å². The highest BCUT2D eigenvalue weighted by atomic mass is 16.5. The minimum absolute atomic E-state index is 0.0402. The van der Waals surface area contributed by atoms with Crippen molar-refractivity contribution in [2.45, 2.75) is 32.6 Å². The van der Waals surface area contributed by atoms with E-state index in [0.29, 0.717) is 13.0 Å². The van der Waals surface area contributed by atoms with Gasteiger partial charge in [0.2, 0.25) is 0 Å². The van der Waals surface area contributed by atoms with Gasteiger partial charge in [-0.15, -0.1) is 0 Å². The first-order valence-corrected chi connectivity index (χ1v) is 5.51. The van der Waals surface area contributed by atoms with Crippen LogP contribution in [0, 0.1) is 11.3 Å². The molecule has 0 aromatic heterocycles. The highest BCUT2D eigenvalue weighted by Gasteiger charge is 2.54. The van der Waals surface area contributed by atoms with Crippen molar-refractivity contribution >= 4 is 11.8 Å². The van der Waals surface area contributed by atoms with E-state index in [4.69, 9.17) is 4.74 Å². The van der Waals surface area contributed by atoms with Gasteiger partial charge in [-0.1, -0.05) is 12.2 Å². The number of allylic oxidation sites excluding steroid dienone is 1. The molecular formula is C12H16O3. The number of hydrogen-bond acceptors (Lipinski definition) is 3. The van der Waals surface area contributed by atoms with Crippen molar-refractivity contribution in [1.29, 1.82) is 0 Å². The Bertz CT molecular complexity index is 315. The Labute approximate surface area is 89.5 Å². The lowest BCUT2D eigenvalue weighted by molar-refractivity contribution is -0.161. The van der Waals surface area contributed by atoms with Gasteiger partial charge in [0.15, 0.2) is 0 Å². The molecule has 0 radical (unpaired) electrons. The third kappa shape index (κ3) is 1.71. The molecule has 1 heterocycles. The molecule has 15 heavy (non-hydrogen) atoms. The Hall–Kier alpha value is -1.12. The van der Waals surface area contributed by atoms with Gasteiger partial charge in [0, 0.05) is 0 Å². The number of hydrogen-bond donors (Lipinski definition) is 0. The Kier molecular flexibility index (Phi) is 2.63. The van der Waals surface area contributed by atoms with Gasteiger partial charge in [0.05, 0.1) is 6.61 Å². The molecule has 0 bridgehead atoms. The maximum absolute atomic E-state index is 11.9. The van der Waals surface area contributed by atoms with Gasteiger partial charge in [-0.3, -0.25) is 9.59 Å². The molecule has 1 atom stereocenters. The van der Waals surface area contributed by atoms with Crippen molar-refractivity contribution in [1.82, 2.24) is 0 Å². The topological polar surface area (TPSA) is 43.4 Å². The van der Waals surface area contributed by atoms with Crippen LogP contribution in [0.15, 0.2) is 12.2 Å². The average molecular weight is 208 g/mol. The van der Waals surface area contributed by atoms with Gasteiger partial charge in [0.1, 0.15) is 11.2 Å². The van der Waals surface area contributed by atoms with Gasteiger partial charge in [-0.25, -0.2) is 0 Å². The Morgan fingerprint density at radius 1 is 1.47 bits per heavy atom. The van der Waals surface area contributed by atoms with Crippen molar-refractivity contribution in [2.75, 3.05) is 6.61 Å². The summed E-state index contributed by atoms with van der Waals surface area (Å²) >= 11 is 0. The van der Waals surface area contributed by atoms with Gasteiger partial charge >= 0.3 is 5.97 Å². The molecule has 3 nitrogen and oxygen atoms in total. The highest BCUT2D eigenvalue weighted by molar-refractivity contribution is 6.03. The molecule has 2 rings (SSSR count). The lowest BCUT2D eigenvalue weighted by atomic mass is 9.75. The Morgan fingerprint density at radius 2 is 2.20 bits per heavy atom. The summed E-state index contributed by atoms with van der Waals surface area (Å²) in [5, 5.41) is 0. The van der Waals surface area contributed by atoms with Gasteiger partial charge in [0.25, 0.3) is 0 Å². The van der Waals surface area contributed by atoms with Gasteiger partial charge < -0.3 is 4.74 Å². The largest absolute Gasteiger partial charge is 0.465 e. The van der Waals surface area contributed by atoms with Crippen LogP contribution in [0.25, 0.3) is 0 Å². The minimum atomic E-state index is -0.864. The molecule has 1 aliphatic carbocycles. The number of rotatable bonds is 2. The zero-order valence-electron chi connectivity index (χ0n) is 8.99. The summed E-state index contributed by atoms with van der Waals surface area (Å²) in [6.07, 6.45) is 7.17. The lowest BCUT2D eigenvalue weighted by Gasteiger charge is -2.28. The van der Waals surface area contributed by atoms with Crippen LogP contribution in [0.2, 0.25) is 0 Å². The molecule has 0 unspecified atom stereocenters. The molecule has 0 N–H and O–H groups in total. The van der Waals surface area contributed by atoms with Crippen molar-refractivity contribution in [3.05, 3.63) is 12.2 Å². The van der Waals surface area contributed by atoms with Crippen LogP contribution >= 0.6 is 0 Å². The Balaban J connectivity index is 2.32. The van der Waals surface area contributed by atoms with Crippen LogP contribution in [0.3, 0.4) is 0 Å². The smallest absolute Gasteiger partial charge is 0.320 e. The number of cyclic esters (lactones) is 1. The van der Waals surface area contributed by atoms with Crippen molar-refractivity contribution < 1.29 is 14.3 Å². The zero-order valence-corrected chi connectivity index (χ0v) is 8.99. The molecule has 0 aromatic carbocycles. The second-order valence-corrected chi connectivity index (χ2v) is 4.40. The number of ketones is 1. The van der Waals surface area contributed by atoms with Crippen molar-refractivity contribution in [3.8, 4) is 0 Å². The maximum Gasteiger partial charge on any atom is 0.320 e. The summed E-state index contributed by atoms with van der Waals surface area (Å²) in [7, 11) is 0. The van der Waals surface area contributed by atoms with E-state index in [-0.39, 0.29) is 17.7 Å². The van der Waals surface area contributed by atoms with E-state index in [0.717, 1.165) is 19.3 Å². The molecule has 0 amide bonds. The second kappa shape index (κ2) is 3.80. The van der Waals surface area contributed by atoms with Crippen LogP contribution in [-0.4, -0.2) is 18.4 Å².